The molecule has 1 N–H and O–H groups in total. The molecular weight excluding hydrogens is 240 g/mol. The van der Waals surface area contributed by atoms with Crippen LogP contribution >= 0.6 is 11.6 Å². The molecule has 0 aliphatic carbocycles. The summed E-state index contributed by atoms with van der Waals surface area (Å²) >= 11 is 6.03. The zero-order valence-electron chi connectivity index (χ0n) is 9.43. The molecule has 1 atom stereocenters. The summed E-state index contributed by atoms with van der Waals surface area (Å²) in [4.78, 5) is 13.4. The van der Waals surface area contributed by atoms with Crippen molar-refractivity contribution < 1.29 is 9.53 Å². The van der Waals surface area contributed by atoms with Crippen molar-refractivity contribution in [3.63, 3.8) is 0 Å². The molecule has 1 fully saturated rings. The van der Waals surface area contributed by atoms with E-state index in [1.54, 1.807) is 4.90 Å². The average Bonchev–Trinajstić information content (AvgIpc) is 2.40. The van der Waals surface area contributed by atoms with Gasteiger partial charge < -0.3 is 15.0 Å². The van der Waals surface area contributed by atoms with Gasteiger partial charge in [0.05, 0.1) is 0 Å². The van der Waals surface area contributed by atoms with Crippen LogP contribution in [0, 0.1) is 0 Å². The molecule has 1 aromatic carbocycles. The minimum atomic E-state index is -0.724. The summed E-state index contributed by atoms with van der Waals surface area (Å²) in [5.41, 5.74) is 0.0660. The largest absolute Gasteiger partial charge is 0.425 e. The van der Waals surface area contributed by atoms with Gasteiger partial charge in [0.25, 0.3) is 0 Å². The number of carbonyl (C=O) groups excluding carboxylic acids is 1. The Morgan fingerprint density at radius 1 is 1.29 bits per heavy atom. The van der Waals surface area contributed by atoms with Crippen molar-refractivity contribution >= 4 is 17.7 Å². The highest BCUT2D eigenvalue weighted by Gasteiger charge is 2.21. The second-order valence-corrected chi connectivity index (χ2v) is 4.24. The van der Waals surface area contributed by atoms with Gasteiger partial charge in [-0.3, -0.25) is 0 Å². The predicted molar refractivity (Wildman–Crippen MR) is 66.0 cm³/mol. The predicted octanol–water partition coefficient (Wildman–Crippen LogP) is 1.97. The van der Waals surface area contributed by atoms with Gasteiger partial charge in [-0.25, -0.2) is 4.79 Å². The summed E-state index contributed by atoms with van der Waals surface area (Å²) in [6.07, 6.45) is -0.352. The van der Waals surface area contributed by atoms with E-state index < -0.39 is 5.56 Å². The van der Waals surface area contributed by atoms with Gasteiger partial charge in [-0.05, 0) is 0 Å². The molecule has 0 radical (unpaired) electrons. The molecule has 1 aromatic rings. The summed E-state index contributed by atoms with van der Waals surface area (Å²) in [5.74, 6) is 0. The zero-order chi connectivity index (χ0) is 12.1. The summed E-state index contributed by atoms with van der Waals surface area (Å²) in [7, 11) is 0. The van der Waals surface area contributed by atoms with Crippen LogP contribution in [0.3, 0.4) is 0 Å². The third-order valence-electron chi connectivity index (χ3n) is 2.64. The van der Waals surface area contributed by atoms with E-state index in [4.69, 9.17) is 16.3 Å². The third-order valence-corrected chi connectivity index (χ3v) is 2.98. The van der Waals surface area contributed by atoms with Crippen molar-refractivity contribution in [2.24, 2.45) is 0 Å². The molecule has 1 aliphatic heterocycles. The Morgan fingerprint density at radius 2 is 1.94 bits per heavy atom. The summed E-state index contributed by atoms with van der Waals surface area (Å²) in [5, 5.41) is 3.17. The van der Waals surface area contributed by atoms with E-state index in [2.05, 4.69) is 5.32 Å². The van der Waals surface area contributed by atoms with Crippen molar-refractivity contribution in [1.82, 2.24) is 10.2 Å². The maximum Gasteiger partial charge on any atom is 0.411 e. The first-order valence-electron chi connectivity index (χ1n) is 5.62. The quantitative estimate of drug-likeness (QED) is 0.821. The molecule has 4 nitrogen and oxygen atoms in total. The van der Waals surface area contributed by atoms with Crippen molar-refractivity contribution in [2.45, 2.75) is 5.56 Å². The molecule has 5 heteroatoms. The average molecular weight is 255 g/mol. The Bertz CT molecular complexity index is 366. The Morgan fingerprint density at radius 3 is 2.59 bits per heavy atom. The van der Waals surface area contributed by atoms with Crippen molar-refractivity contribution in [2.75, 3.05) is 26.2 Å². The first-order chi connectivity index (χ1) is 8.27. The molecule has 0 bridgehead atoms. The molecule has 1 aliphatic rings. The number of piperazine rings is 1. The lowest BCUT2D eigenvalue weighted by Gasteiger charge is -2.27. The number of hydrogen-bond donors (Lipinski definition) is 1. The van der Waals surface area contributed by atoms with Gasteiger partial charge >= 0.3 is 6.09 Å². The van der Waals surface area contributed by atoms with E-state index in [1.165, 1.54) is 0 Å². The number of ether oxygens (including phenoxy) is 1. The highest BCUT2D eigenvalue weighted by atomic mass is 35.5. The van der Waals surface area contributed by atoms with Gasteiger partial charge in [-0.2, -0.15) is 0 Å². The number of alkyl halides is 1. The number of carbonyl (C=O) groups is 1. The highest BCUT2D eigenvalue weighted by Crippen LogP contribution is 2.22. The number of halogens is 1. The molecule has 2 rings (SSSR count). The van der Waals surface area contributed by atoms with Crippen molar-refractivity contribution in [1.29, 1.82) is 0 Å². The normalized spacial score (nSPS) is 17.6. The summed E-state index contributed by atoms with van der Waals surface area (Å²) < 4.78 is 5.20. The van der Waals surface area contributed by atoms with Gasteiger partial charge in [0.15, 0.2) is 0 Å². The van der Waals surface area contributed by atoms with Gasteiger partial charge in [-0.15, -0.1) is 0 Å². The fourth-order valence-corrected chi connectivity index (χ4v) is 1.90. The number of nitrogens with one attached hydrogen (secondary N) is 1. The van der Waals surface area contributed by atoms with Crippen LogP contribution in [-0.2, 0) is 4.74 Å². The highest BCUT2D eigenvalue weighted by molar-refractivity contribution is 6.20. The molecule has 1 saturated heterocycles. The van der Waals surface area contributed by atoms with Crippen LogP contribution in [0.1, 0.15) is 11.1 Å². The molecule has 17 heavy (non-hydrogen) atoms. The Balaban J connectivity index is 1.89. The van der Waals surface area contributed by atoms with Crippen LogP contribution in [-0.4, -0.2) is 37.2 Å². The Hall–Kier alpha value is -1.26. The molecule has 1 unspecified atom stereocenters. The van der Waals surface area contributed by atoms with E-state index in [9.17, 15) is 4.79 Å². The SMILES string of the molecule is O=C(OC(Cl)c1ccccc1)N1CCNCC1. The minimum absolute atomic E-state index is 0.352. The molecule has 0 aromatic heterocycles. The van der Waals surface area contributed by atoms with Crippen LogP contribution in [0.4, 0.5) is 4.79 Å². The van der Waals surface area contributed by atoms with E-state index in [-0.39, 0.29) is 6.09 Å². The number of rotatable bonds is 2. The van der Waals surface area contributed by atoms with E-state index in [1.807, 2.05) is 30.3 Å². The second kappa shape index (κ2) is 5.89. The van der Waals surface area contributed by atoms with Gasteiger partial charge in [-0.1, -0.05) is 41.9 Å². The smallest absolute Gasteiger partial charge is 0.411 e. The number of hydrogen-bond acceptors (Lipinski definition) is 3. The first kappa shape index (κ1) is 12.2. The topological polar surface area (TPSA) is 41.6 Å². The summed E-state index contributed by atoms with van der Waals surface area (Å²) in [6.45, 7) is 2.93. The maximum atomic E-state index is 11.8. The number of amides is 1. The summed E-state index contributed by atoms with van der Waals surface area (Å²) in [6, 6.07) is 9.30. The molecule has 1 amide bonds. The number of benzene rings is 1. The molecule has 0 spiro atoms. The molecule has 92 valence electrons. The van der Waals surface area contributed by atoms with E-state index in [0.29, 0.717) is 13.1 Å². The van der Waals surface area contributed by atoms with Crippen LogP contribution < -0.4 is 5.32 Å². The second-order valence-electron chi connectivity index (χ2n) is 3.85. The van der Waals surface area contributed by atoms with Crippen molar-refractivity contribution in [3.8, 4) is 0 Å². The molecule has 0 saturated carbocycles. The fourth-order valence-electron chi connectivity index (χ4n) is 1.68. The lowest BCUT2D eigenvalue weighted by atomic mass is 10.2. The zero-order valence-corrected chi connectivity index (χ0v) is 10.2. The molecular formula is C12H15ClN2O2. The lowest BCUT2D eigenvalue weighted by molar-refractivity contribution is 0.0866. The maximum absolute atomic E-state index is 11.8. The number of nitrogens with zero attached hydrogens (tertiary/aromatic N) is 1. The third kappa shape index (κ3) is 3.35. The Labute approximate surface area is 106 Å². The van der Waals surface area contributed by atoms with E-state index >= 15 is 0 Å². The van der Waals surface area contributed by atoms with Crippen molar-refractivity contribution in [3.05, 3.63) is 35.9 Å². The first-order valence-corrected chi connectivity index (χ1v) is 6.06. The van der Waals surface area contributed by atoms with Crippen LogP contribution in [0.5, 0.6) is 0 Å². The van der Waals surface area contributed by atoms with Crippen LogP contribution in [0.2, 0.25) is 0 Å². The fraction of sp³-hybridized carbons (Fsp3) is 0.417. The monoisotopic (exact) mass is 254 g/mol. The van der Waals surface area contributed by atoms with Gasteiger partial charge in [0.2, 0.25) is 5.56 Å². The lowest BCUT2D eigenvalue weighted by Crippen LogP contribution is -2.46. The Kier molecular flexibility index (Phi) is 4.23. The standard InChI is InChI=1S/C12H15ClN2O2/c13-11(10-4-2-1-3-5-10)17-12(16)15-8-6-14-7-9-15/h1-5,11,14H,6-9H2. The van der Waals surface area contributed by atoms with Crippen LogP contribution in [0.25, 0.3) is 0 Å². The minimum Gasteiger partial charge on any atom is -0.425 e. The van der Waals surface area contributed by atoms with Crippen LogP contribution in [0.15, 0.2) is 30.3 Å². The molecule has 1 heterocycles. The van der Waals surface area contributed by atoms with E-state index in [0.717, 1.165) is 18.7 Å². The van der Waals surface area contributed by atoms with Gasteiger partial charge in [0.1, 0.15) is 0 Å². The van der Waals surface area contributed by atoms with Gasteiger partial charge in [0, 0.05) is 31.7 Å².